The number of amides is 1. The van der Waals surface area contributed by atoms with Crippen LogP contribution in [-0.4, -0.2) is 46.3 Å². The van der Waals surface area contributed by atoms with Gasteiger partial charge in [0.05, 0.1) is 12.7 Å². The molecular formula is C16H19N3O4. The van der Waals surface area contributed by atoms with Crippen LogP contribution in [0, 0.1) is 0 Å². The fourth-order valence-corrected chi connectivity index (χ4v) is 2.63. The topological polar surface area (TPSA) is 77.6 Å². The zero-order valence-electron chi connectivity index (χ0n) is 13.0. The van der Waals surface area contributed by atoms with Gasteiger partial charge in [0.15, 0.2) is 5.82 Å². The molecular weight excluding hydrogens is 298 g/mol. The van der Waals surface area contributed by atoms with Crippen molar-refractivity contribution in [2.75, 3.05) is 19.7 Å². The standard InChI is InChI=1S/C16H19N3O4/c1-2-13-10-18(8-9-22-13)14(20)11-19-15(17-23-16(19)21)12-6-4-3-5-7-12/h3-7,13H,2,8-11H2,1H3/t13-/m1/s1. The Morgan fingerprint density at radius 2 is 2.13 bits per heavy atom. The predicted molar refractivity (Wildman–Crippen MR) is 82.8 cm³/mol. The second-order valence-corrected chi connectivity index (χ2v) is 5.47. The molecule has 23 heavy (non-hydrogen) atoms. The van der Waals surface area contributed by atoms with E-state index >= 15 is 0 Å². The van der Waals surface area contributed by atoms with E-state index in [9.17, 15) is 9.59 Å². The highest BCUT2D eigenvalue weighted by Crippen LogP contribution is 2.15. The van der Waals surface area contributed by atoms with E-state index in [0.29, 0.717) is 25.5 Å². The average molecular weight is 317 g/mol. The molecule has 1 aromatic carbocycles. The third-order valence-corrected chi connectivity index (χ3v) is 3.96. The number of ether oxygens (including phenoxy) is 1. The van der Waals surface area contributed by atoms with E-state index in [1.165, 1.54) is 4.57 Å². The van der Waals surface area contributed by atoms with Crippen molar-refractivity contribution >= 4 is 5.91 Å². The van der Waals surface area contributed by atoms with Crippen LogP contribution in [0.5, 0.6) is 0 Å². The van der Waals surface area contributed by atoms with Gasteiger partial charge in [0, 0.05) is 18.7 Å². The number of carbonyl (C=O) groups is 1. The number of benzene rings is 1. The SMILES string of the molecule is CC[C@@H]1CN(C(=O)Cn2c(-c3ccccc3)noc2=O)CCO1. The van der Waals surface area contributed by atoms with Crippen LogP contribution in [0.15, 0.2) is 39.6 Å². The van der Waals surface area contributed by atoms with Crippen molar-refractivity contribution < 1.29 is 14.1 Å². The van der Waals surface area contributed by atoms with Crippen LogP contribution in [0.4, 0.5) is 0 Å². The Kier molecular flexibility index (Phi) is 4.57. The molecule has 1 aromatic heterocycles. The first kappa shape index (κ1) is 15.5. The van der Waals surface area contributed by atoms with Crippen LogP contribution in [0.2, 0.25) is 0 Å². The average Bonchev–Trinajstić information content (AvgIpc) is 2.96. The van der Waals surface area contributed by atoms with Gasteiger partial charge in [-0.2, -0.15) is 0 Å². The van der Waals surface area contributed by atoms with Gasteiger partial charge in [-0.15, -0.1) is 0 Å². The summed E-state index contributed by atoms with van der Waals surface area (Å²) in [6.07, 6.45) is 0.909. The lowest BCUT2D eigenvalue weighted by molar-refractivity contribution is -0.139. The van der Waals surface area contributed by atoms with E-state index in [1.54, 1.807) is 4.90 Å². The fraction of sp³-hybridized carbons (Fsp3) is 0.438. The maximum atomic E-state index is 12.5. The molecule has 1 aliphatic heterocycles. The van der Waals surface area contributed by atoms with Gasteiger partial charge >= 0.3 is 5.76 Å². The number of carbonyl (C=O) groups excluding carboxylic acids is 1. The van der Waals surface area contributed by atoms with Crippen molar-refractivity contribution in [1.82, 2.24) is 14.6 Å². The number of rotatable bonds is 4. The largest absolute Gasteiger partial charge is 0.442 e. The summed E-state index contributed by atoms with van der Waals surface area (Å²) in [5.41, 5.74) is 0.736. The molecule has 0 aliphatic carbocycles. The summed E-state index contributed by atoms with van der Waals surface area (Å²) in [5.74, 6) is -0.393. The first-order valence-corrected chi connectivity index (χ1v) is 7.70. The maximum Gasteiger partial charge on any atom is 0.442 e. The van der Waals surface area contributed by atoms with Crippen molar-refractivity contribution in [3.8, 4) is 11.4 Å². The molecule has 122 valence electrons. The lowest BCUT2D eigenvalue weighted by Crippen LogP contribution is -2.47. The Morgan fingerprint density at radius 1 is 1.35 bits per heavy atom. The molecule has 0 spiro atoms. The van der Waals surface area contributed by atoms with Crippen LogP contribution in [0.1, 0.15) is 13.3 Å². The molecule has 1 atom stereocenters. The molecule has 2 aromatic rings. The van der Waals surface area contributed by atoms with Crippen LogP contribution < -0.4 is 5.76 Å². The first-order valence-electron chi connectivity index (χ1n) is 7.70. The third-order valence-electron chi connectivity index (χ3n) is 3.96. The summed E-state index contributed by atoms with van der Waals surface area (Å²) < 4.78 is 11.6. The third kappa shape index (κ3) is 3.34. The Bertz CT molecular complexity index is 722. The minimum absolute atomic E-state index is 0.0560. The van der Waals surface area contributed by atoms with Gasteiger partial charge in [0.2, 0.25) is 5.91 Å². The van der Waals surface area contributed by atoms with Crippen LogP contribution in [-0.2, 0) is 16.1 Å². The lowest BCUT2D eigenvalue weighted by Gasteiger charge is -2.32. The molecule has 7 nitrogen and oxygen atoms in total. The second kappa shape index (κ2) is 6.78. The number of nitrogens with zero attached hydrogens (tertiary/aromatic N) is 3. The van der Waals surface area contributed by atoms with Crippen molar-refractivity contribution in [2.45, 2.75) is 26.0 Å². The van der Waals surface area contributed by atoms with Crippen molar-refractivity contribution in [3.05, 3.63) is 40.9 Å². The second-order valence-electron chi connectivity index (χ2n) is 5.47. The molecule has 2 heterocycles. The smallest absolute Gasteiger partial charge is 0.375 e. The van der Waals surface area contributed by atoms with Gasteiger partial charge in [-0.1, -0.05) is 42.4 Å². The monoisotopic (exact) mass is 317 g/mol. The van der Waals surface area contributed by atoms with Crippen LogP contribution >= 0.6 is 0 Å². The Balaban J connectivity index is 1.79. The Hall–Kier alpha value is -2.41. The predicted octanol–water partition coefficient (Wildman–Crippen LogP) is 1.14. The zero-order valence-corrected chi connectivity index (χ0v) is 13.0. The molecule has 7 heteroatoms. The molecule has 0 bridgehead atoms. The maximum absolute atomic E-state index is 12.5. The molecule has 1 aliphatic rings. The Labute approximate surface area is 133 Å². The van der Waals surface area contributed by atoms with Gasteiger partial charge in [0.25, 0.3) is 0 Å². The van der Waals surface area contributed by atoms with Gasteiger partial charge < -0.3 is 9.64 Å². The summed E-state index contributed by atoms with van der Waals surface area (Å²) in [7, 11) is 0. The van der Waals surface area contributed by atoms with Crippen molar-refractivity contribution in [3.63, 3.8) is 0 Å². The minimum Gasteiger partial charge on any atom is -0.375 e. The van der Waals surface area contributed by atoms with E-state index in [1.807, 2.05) is 37.3 Å². The molecule has 0 radical (unpaired) electrons. The highest BCUT2D eigenvalue weighted by Gasteiger charge is 2.25. The number of morpholine rings is 1. The molecule has 0 unspecified atom stereocenters. The van der Waals surface area contributed by atoms with Gasteiger partial charge in [-0.3, -0.25) is 9.32 Å². The van der Waals surface area contributed by atoms with E-state index in [2.05, 4.69) is 5.16 Å². The molecule has 1 amide bonds. The first-order chi connectivity index (χ1) is 11.2. The minimum atomic E-state index is -0.627. The van der Waals surface area contributed by atoms with E-state index in [-0.39, 0.29) is 18.6 Å². The number of aromatic nitrogens is 2. The molecule has 1 fully saturated rings. The number of hydrogen-bond donors (Lipinski definition) is 0. The van der Waals surface area contributed by atoms with Crippen LogP contribution in [0.25, 0.3) is 11.4 Å². The van der Waals surface area contributed by atoms with Gasteiger partial charge in [-0.25, -0.2) is 9.36 Å². The van der Waals surface area contributed by atoms with Crippen molar-refractivity contribution in [2.24, 2.45) is 0 Å². The van der Waals surface area contributed by atoms with Crippen molar-refractivity contribution in [1.29, 1.82) is 0 Å². The van der Waals surface area contributed by atoms with Gasteiger partial charge in [-0.05, 0) is 6.42 Å². The van der Waals surface area contributed by atoms with Crippen LogP contribution in [0.3, 0.4) is 0 Å². The summed E-state index contributed by atoms with van der Waals surface area (Å²) in [5, 5.41) is 3.80. The van der Waals surface area contributed by atoms with E-state index < -0.39 is 5.76 Å². The summed E-state index contributed by atoms with van der Waals surface area (Å²) in [6.45, 7) is 3.56. The molecule has 1 saturated heterocycles. The summed E-state index contributed by atoms with van der Waals surface area (Å²) in [6, 6.07) is 9.19. The lowest BCUT2D eigenvalue weighted by atomic mass is 10.2. The van der Waals surface area contributed by atoms with E-state index in [4.69, 9.17) is 9.26 Å². The molecule has 0 saturated carbocycles. The summed E-state index contributed by atoms with van der Waals surface area (Å²) in [4.78, 5) is 26.1. The highest BCUT2D eigenvalue weighted by molar-refractivity contribution is 5.76. The van der Waals surface area contributed by atoms with E-state index in [0.717, 1.165) is 12.0 Å². The molecule has 3 rings (SSSR count). The normalized spacial score (nSPS) is 18.1. The quantitative estimate of drug-likeness (QED) is 0.845. The fourth-order valence-electron chi connectivity index (χ4n) is 2.63. The van der Waals surface area contributed by atoms with Gasteiger partial charge in [0.1, 0.15) is 6.54 Å². The highest BCUT2D eigenvalue weighted by atomic mass is 16.5. The Morgan fingerprint density at radius 3 is 2.87 bits per heavy atom. The molecule has 0 N–H and O–H groups in total. The number of hydrogen-bond acceptors (Lipinski definition) is 5. The zero-order chi connectivity index (χ0) is 16.2. The summed E-state index contributed by atoms with van der Waals surface area (Å²) >= 11 is 0.